The number of halogens is 1. The monoisotopic (exact) mass is 255 g/mol. The number of likely N-dealkylation sites (tertiary alicyclic amines) is 1. The zero-order valence-electron chi connectivity index (χ0n) is 11.0. The molecule has 2 heterocycles. The lowest BCUT2D eigenvalue weighted by atomic mass is 10.0. The number of aromatic nitrogens is 2. The molecule has 0 aromatic carbocycles. The van der Waals surface area contributed by atoms with Gasteiger partial charge in [0.05, 0.1) is 5.69 Å². The molecular weight excluding hydrogens is 234 g/mol. The Hall–Kier alpha value is -0.540. The Kier molecular flexibility index (Phi) is 4.10. The molecule has 0 bridgehead atoms. The molecule has 1 saturated heterocycles. The molecule has 17 heavy (non-hydrogen) atoms. The van der Waals surface area contributed by atoms with E-state index in [1.165, 1.54) is 37.9 Å². The van der Waals surface area contributed by atoms with Crippen LogP contribution < -0.4 is 0 Å². The molecule has 3 nitrogen and oxygen atoms in total. The van der Waals surface area contributed by atoms with E-state index < -0.39 is 0 Å². The Bertz CT molecular complexity index is 386. The van der Waals surface area contributed by atoms with Crippen molar-refractivity contribution in [3.63, 3.8) is 0 Å². The number of nitrogens with zero attached hydrogens (tertiary/aromatic N) is 3. The van der Waals surface area contributed by atoms with Crippen LogP contribution in [-0.4, -0.2) is 27.8 Å². The molecule has 1 aliphatic rings. The smallest absolute Gasteiger partial charge is 0.131 e. The third-order valence-electron chi connectivity index (χ3n) is 3.76. The highest BCUT2D eigenvalue weighted by atomic mass is 35.5. The van der Waals surface area contributed by atoms with Crippen molar-refractivity contribution in [2.45, 2.75) is 39.7 Å². The first-order valence-electron chi connectivity index (χ1n) is 6.48. The van der Waals surface area contributed by atoms with Crippen LogP contribution in [0.4, 0.5) is 0 Å². The predicted molar refractivity (Wildman–Crippen MR) is 71.2 cm³/mol. The van der Waals surface area contributed by atoms with Gasteiger partial charge in [-0.25, -0.2) is 0 Å². The third-order valence-corrected chi connectivity index (χ3v) is 4.23. The lowest BCUT2D eigenvalue weighted by molar-refractivity contribution is 0.273. The van der Waals surface area contributed by atoms with Crippen molar-refractivity contribution in [2.75, 3.05) is 13.1 Å². The molecule has 0 spiro atoms. The fraction of sp³-hybridized carbons (Fsp3) is 0.769. The van der Waals surface area contributed by atoms with Crippen molar-refractivity contribution in [2.24, 2.45) is 13.0 Å². The Balaban J connectivity index is 2.04. The zero-order valence-corrected chi connectivity index (χ0v) is 11.8. The minimum atomic E-state index is 0.791. The third kappa shape index (κ3) is 3.02. The van der Waals surface area contributed by atoms with Crippen molar-refractivity contribution in [1.29, 1.82) is 0 Å². The van der Waals surface area contributed by atoms with Crippen LogP contribution in [0.1, 0.15) is 37.4 Å². The van der Waals surface area contributed by atoms with E-state index in [0.717, 1.165) is 23.3 Å². The first-order chi connectivity index (χ1) is 8.08. The molecule has 1 fully saturated rings. The van der Waals surface area contributed by atoms with Crippen molar-refractivity contribution in [1.82, 2.24) is 14.7 Å². The molecule has 0 radical (unpaired) electrons. The van der Waals surface area contributed by atoms with Crippen LogP contribution in [-0.2, 0) is 13.6 Å². The molecule has 0 aliphatic carbocycles. The average molecular weight is 256 g/mol. The van der Waals surface area contributed by atoms with Crippen molar-refractivity contribution in [3.05, 3.63) is 16.4 Å². The molecule has 1 aromatic heterocycles. The van der Waals surface area contributed by atoms with Crippen LogP contribution in [0.25, 0.3) is 0 Å². The fourth-order valence-electron chi connectivity index (χ4n) is 2.56. The van der Waals surface area contributed by atoms with Crippen molar-refractivity contribution >= 4 is 11.6 Å². The van der Waals surface area contributed by atoms with Gasteiger partial charge in [-0.3, -0.25) is 9.58 Å². The minimum absolute atomic E-state index is 0.791. The summed E-state index contributed by atoms with van der Waals surface area (Å²) in [6.07, 6.45) is 3.96. The summed E-state index contributed by atoms with van der Waals surface area (Å²) in [5.74, 6) is 0.866. The lowest BCUT2D eigenvalue weighted by Crippen LogP contribution is -2.24. The second kappa shape index (κ2) is 5.40. The zero-order chi connectivity index (χ0) is 12.4. The topological polar surface area (TPSA) is 21.1 Å². The molecule has 1 atom stereocenters. The Morgan fingerprint density at radius 2 is 2.12 bits per heavy atom. The van der Waals surface area contributed by atoms with Gasteiger partial charge in [0.25, 0.3) is 0 Å². The van der Waals surface area contributed by atoms with Gasteiger partial charge >= 0.3 is 0 Å². The molecule has 1 aromatic rings. The number of aryl methyl sites for hydroxylation is 2. The summed E-state index contributed by atoms with van der Waals surface area (Å²) in [5.41, 5.74) is 2.26. The Morgan fingerprint density at radius 3 is 2.76 bits per heavy atom. The summed E-state index contributed by atoms with van der Waals surface area (Å²) in [7, 11) is 1.91. The van der Waals surface area contributed by atoms with E-state index >= 15 is 0 Å². The Labute approximate surface area is 109 Å². The van der Waals surface area contributed by atoms with Crippen LogP contribution in [0.15, 0.2) is 0 Å². The lowest BCUT2D eigenvalue weighted by Gasteiger charge is -2.19. The van der Waals surface area contributed by atoms with E-state index in [1.54, 1.807) is 4.68 Å². The molecule has 0 amide bonds. The van der Waals surface area contributed by atoms with Crippen molar-refractivity contribution < 1.29 is 0 Å². The van der Waals surface area contributed by atoms with Gasteiger partial charge in [-0.15, -0.1) is 0 Å². The summed E-state index contributed by atoms with van der Waals surface area (Å²) in [6.45, 7) is 7.72. The SMILES string of the molecule is Cc1nn(C)c(Cl)c1CN1CCCC(C)CC1. The van der Waals surface area contributed by atoms with Gasteiger partial charge in [-0.1, -0.05) is 18.5 Å². The van der Waals surface area contributed by atoms with Gasteiger partial charge in [-0.2, -0.15) is 5.10 Å². The molecule has 0 saturated carbocycles. The number of hydrogen-bond acceptors (Lipinski definition) is 2. The molecule has 4 heteroatoms. The summed E-state index contributed by atoms with van der Waals surface area (Å²) in [6, 6.07) is 0. The first-order valence-corrected chi connectivity index (χ1v) is 6.86. The second-order valence-corrected chi connectivity index (χ2v) is 5.65. The highest BCUT2D eigenvalue weighted by Gasteiger charge is 2.18. The van der Waals surface area contributed by atoms with Crippen LogP contribution >= 0.6 is 11.6 Å². The van der Waals surface area contributed by atoms with Gasteiger partial charge in [0.1, 0.15) is 5.15 Å². The molecular formula is C13H22ClN3. The average Bonchev–Trinajstić information content (AvgIpc) is 2.46. The molecule has 0 N–H and O–H groups in total. The van der Waals surface area contributed by atoms with Crippen LogP contribution in [0, 0.1) is 12.8 Å². The first kappa shape index (κ1) is 12.9. The molecule has 1 unspecified atom stereocenters. The fourth-order valence-corrected chi connectivity index (χ4v) is 2.79. The maximum atomic E-state index is 6.28. The van der Waals surface area contributed by atoms with Crippen LogP contribution in [0.3, 0.4) is 0 Å². The van der Waals surface area contributed by atoms with Gasteiger partial charge < -0.3 is 0 Å². The largest absolute Gasteiger partial charge is 0.299 e. The number of hydrogen-bond donors (Lipinski definition) is 0. The standard InChI is InChI=1S/C13H22ClN3/c1-10-5-4-7-17(8-6-10)9-12-11(2)15-16(3)13(12)14/h10H,4-9H2,1-3H3. The van der Waals surface area contributed by atoms with E-state index in [2.05, 4.69) is 16.9 Å². The van der Waals surface area contributed by atoms with E-state index in [4.69, 9.17) is 11.6 Å². The van der Waals surface area contributed by atoms with Crippen molar-refractivity contribution in [3.8, 4) is 0 Å². The number of rotatable bonds is 2. The van der Waals surface area contributed by atoms with E-state index in [1.807, 2.05) is 14.0 Å². The molecule has 2 rings (SSSR count). The predicted octanol–water partition coefficient (Wildman–Crippen LogP) is 3.00. The van der Waals surface area contributed by atoms with Crippen LogP contribution in [0.5, 0.6) is 0 Å². The van der Waals surface area contributed by atoms with Gasteiger partial charge in [0.2, 0.25) is 0 Å². The molecule has 96 valence electrons. The van der Waals surface area contributed by atoms with E-state index in [0.29, 0.717) is 0 Å². The highest BCUT2D eigenvalue weighted by Crippen LogP contribution is 2.23. The molecule has 1 aliphatic heterocycles. The second-order valence-electron chi connectivity index (χ2n) is 5.29. The van der Waals surface area contributed by atoms with Crippen LogP contribution in [0.2, 0.25) is 5.15 Å². The summed E-state index contributed by atoms with van der Waals surface area (Å²) in [5, 5.41) is 5.16. The summed E-state index contributed by atoms with van der Waals surface area (Å²) < 4.78 is 1.77. The van der Waals surface area contributed by atoms with E-state index in [-0.39, 0.29) is 0 Å². The Morgan fingerprint density at radius 1 is 1.35 bits per heavy atom. The van der Waals surface area contributed by atoms with Gasteiger partial charge in [0, 0.05) is 19.2 Å². The maximum absolute atomic E-state index is 6.28. The van der Waals surface area contributed by atoms with E-state index in [9.17, 15) is 0 Å². The summed E-state index contributed by atoms with van der Waals surface area (Å²) >= 11 is 6.28. The minimum Gasteiger partial charge on any atom is -0.299 e. The van der Waals surface area contributed by atoms with Gasteiger partial charge in [0.15, 0.2) is 0 Å². The quantitative estimate of drug-likeness (QED) is 0.810. The highest BCUT2D eigenvalue weighted by molar-refractivity contribution is 6.30. The van der Waals surface area contributed by atoms with Gasteiger partial charge in [-0.05, 0) is 45.2 Å². The summed E-state index contributed by atoms with van der Waals surface area (Å²) in [4.78, 5) is 2.51. The maximum Gasteiger partial charge on any atom is 0.131 e. The normalized spacial score (nSPS) is 22.7.